The molecule has 0 bridgehead atoms. The highest BCUT2D eigenvalue weighted by atomic mass is 19.1. The van der Waals surface area contributed by atoms with E-state index in [2.05, 4.69) is 5.43 Å². The van der Waals surface area contributed by atoms with Crippen molar-refractivity contribution in [2.75, 3.05) is 26.3 Å². The molecule has 2 aromatic carbocycles. The number of morpholine rings is 1. The summed E-state index contributed by atoms with van der Waals surface area (Å²) >= 11 is 0. The topological polar surface area (TPSA) is 78.5 Å². The van der Waals surface area contributed by atoms with Crippen LogP contribution in [-0.4, -0.2) is 66.9 Å². The molecule has 39 heavy (non-hydrogen) atoms. The quantitative estimate of drug-likeness (QED) is 0.540. The number of nitrogens with zero attached hydrogens (tertiary/aromatic N) is 1. The van der Waals surface area contributed by atoms with Gasteiger partial charge in [-0.1, -0.05) is 35.9 Å². The summed E-state index contributed by atoms with van der Waals surface area (Å²) in [6, 6.07) is 11.3. The maximum Gasteiger partial charge on any atom is 0.266 e. The predicted octanol–water partition coefficient (Wildman–Crippen LogP) is 3.79. The van der Waals surface area contributed by atoms with Gasteiger partial charge in [0.1, 0.15) is 17.7 Å². The van der Waals surface area contributed by atoms with Crippen LogP contribution in [0.2, 0.25) is 0 Å². The third-order valence-electron chi connectivity index (χ3n) is 7.40. The molecule has 0 spiro atoms. The highest BCUT2D eigenvalue weighted by Gasteiger charge is 2.58. The second-order valence-electron chi connectivity index (χ2n) is 10.9. The Morgan fingerprint density at radius 1 is 1.08 bits per heavy atom. The van der Waals surface area contributed by atoms with Crippen LogP contribution < -0.4 is 5.43 Å². The molecule has 1 aliphatic carbocycles. The van der Waals surface area contributed by atoms with Crippen LogP contribution in [0.15, 0.2) is 42.5 Å². The summed E-state index contributed by atoms with van der Waals surface area (Å²) in [6.07, 6.45) is -1.21. The van der Waals surface area contributed by atoms with Crippen LogP contribution in [0, 0.1) is 18.6 Å². The van der Waals surface area contributed by atoms with Gasteiger partial charge in [-0.15, -0.1) is 0 Å². The zero-order valence-corrected chi connectivity index (χ0v) is 22.6. The van der Waals surface area contributed by atoms with E-state index in [9.17, 15) is 13.6 Å². The second kappa shape index (κ2) is 11.6. The highest BCUT2D eigenvalue weighted by molar-refractivity contribution is 5.85. The fraction of sp³-hybridized carbons (Fsp3) is 0.552. The molecule has 1 N–H and O–H groups in total. The van der Waals surface area contributed by atoms with Crippen molar-refractivity contribution < 1.29 is 37.3 Å². The van der Waals surface area contributed by atoms with E-state index in [-0.39, 0.29) is 37.5 Å². The molecule has 3 aliphatic rings. The van der Waals surface area contributed by atoms with Crippen molar-refractivity contribution in [2.24, 2.45) is 0 Å². The SMILES string of the molecule is Cc1cccc(CO[C@]2(C(=O)NN3CCOCC3)C[C@H](OCc3ccc(F)cc3F)[C@@H]3OC(C)(C)O[C@@H]3C2)c1. The number of carbonyl (C=O) groups excluding carboxylic acids is 1. The Morgan fingerprint density at radius 3 is 2.62 bits per heavy atom. The molecule has 4 atom stereocenters. The van der Waals surface area contributed by atoms with Crippen molar-refractivity contribution >= 4 is 5.91 Å². The second-order valence-corrected chi connectivity index (χ2v) is 10.9. The van der Waals surface area contributed by atoms with Gasteiger partial charge in [0.15, 0.2) is 11.4 Å². The van der Waals surface area contributed by atoms with Crippen molar-refractivity contribution in [1.29, 1.82) is 0 Å². The Balaban J connectivity index is 1.42. The lowest BCUT2D eigenvalue weighted by Gasteiger charge is -2.44. The number of hydrazine groups is 1. The molecular formula is C29H36F2N2O6. The van der Waals surface area contributed by atoms with Gasteiger partial charge in [0.2, 0.25) is 0 Å². The lowest BCUT2D eigenvalue weighted by Crippen LogP contribution is -2.63. The molecule has 1 amide bonds. The minimum absolute atomic E-state index is 0.122. The zero-order valence-electron chi connectivity index (χ0n) is 22.6. The third-order valence-corrected chi connectivity index (χ3v) is 7.40. The molecule has 2 aromatic rings. The first-order valence-electron chi connectivity index (χ1n) is 13.4. The largest absolute Gasteiger partial charge is 0.379 e. The molecule has 2 heterocycles. The van der Waals surface area contributed by atoms with Gasteiger partial charge in [0.05, 0.1) is 38.6 Å². The number of nitrogens with one attached hydrogen (secondary N) is 1. The number of hydrogen-bond donors (Lipinski definition) is 1. The standard InChI is InChI=1S/C29H36F2N2O6/c1-19-5-4-6-20(13-19)17-37-29(27(34)32-33-9-11-35-12-10-33)15-24(26-25(16-29)38-28(2,3)39-26)36-18-21-7-8-22(30)14-23(21)31/h4-8,13-14,24-26H,9-12,15-18H2,1-3H3,(H,32,34)/t24-,25+,26-,29+/m0/s1. The van der Waals surface area contributed by atoms with Crippen LogP contribution in [0.4, 0.5) is 8.78 Å². The van der Waals surface area contributed by atoms with E-state index in [1.807, 2.05) is 50.0 Å². The molecule has 0 radical (unpaired) electrons. The summed E-state index contributed by atoms with van der Waals surface area (Å²) in [5, 5.41) is 1.83. The summed E-state index contributed by atoms with van der Waals surface area (Å²) in [6.45, 7) is 7.85. The van der Waals surface area contributed by atoms with Gasteiger partial charge in [-0.2, -0.15) is 0 Å². The molecule has 1 saturated carbocycles. The Bertz CT molecular complexity index is 1170. The fourth-order valence-corrected chi connectivity index (χ4v) is 5.49. The predicted molar refractivity (Wildman–Crippen MR) is 137 cm³/mol. The molecule has 5 rings (SSSR count). The van der Waals surface area contributed by atoms with Gasteiger partial charge >= 0.3 is 0 Å². The van der Waals surface area contributed by atoms with Gasteiger partial charge in [-0.25, -0.2) is 13.8 Å². The molecule has 8 nitrogen and oxygen atoms in total. The van der Waals surface area contributed by atoms with Crippen LogP contribution in [0.5, 0.6) is 0 Å². The van der Waals surface area contributed by atoms with Crippen LogP contribution >= 0.6 is 0 Å². The lowest BCUT2D eigenvalue weighted by atomic mass is 9.78. The normalized spacial score (nSPS) is 28.7. The summed E-state index contributed by atoms with van der Waals surface area (Å²) in [4.78, 5) is 14.0. The first-order valence-corrected chi connectivity index (χ1v) is 13.4. The average molecular weight is 547 g/mol. The smallest absolute Gasteiger partial charge is 0.266 e. The Labute approximate surface area is 227 Å². The number of amides is 1. The van der Waals surface area contributed by atoms with Crippen molar-refractivity contribution in [3.63, 3.8) is 0 Å². The molecular weight excluding hydrogens is 510 g/mol. The zero-order chi connectivity index (χ0) is 27.6. The number of rotatable bonds is 8. The molecule has 2 saturated heterocycles. The van der Waals surface area contributed by atoms with Crippen LogP contribution in [0.25, 0.3) is 0 Å². The number of fused-ring (bicyclic) bond motifs is 1. The van der Waals surface area contributed by atoms with Gasteiger partial charge < -0.3 is 23.7 Å². The van der Waals surface area contributed by atoms with Gasteiger partial charge in [0, 0.05) is 37.6 Å². The summed E-state index contributed by atoms with van der Waals surface area (Å²) in [5.74, 6) is -2.55. The van der Waals surface area contributed by atoms with Crippen molar-refractivity contribution in [1.82, 2.24) is 10.4 Å². The Hall–Kier alpha value is -2.47. The highest BCUT2D eigenvalue weighted by Crippen LogP contribution is 2.44. The number of carbonyl (C=O) groups is 1. The number of ether oxygens (including phenoxy) is 5. The van der Waals surface area contributed by atoms with Gasteiger partial charge in [-0.3, -0.25) is 10.2 Å². The molecule has 10 heteroatoms. The number of benzene rings is 2. The number of halogens is 2. The monoisotopic (exact) mass is 546 g/mol. The van der Waals surface area contributed by atoms with Crippen LogP contribution in [0.3, 0.4) is 0 Å². The first kappa shape index (κ1) is 28.1. The summed E-state index contributed by atoms with van der Waals surface area (Å²) in [5.41, 5.74) is 3.95. The Kier molecular flexibility index (Phi) is 8.32. The minimum atomic E-state index is -1.31. The Morgan fingerprint density at radius 2 is 1.87 bits per heavy atom. The van der Waals surface area contributed by atoms with Gasteiger partial charge in [-0.05, 0) is 32.4 Å². The molecule has 3 fully saturated rings. The molecule has 2 aliphatic heterocycles. The van der Waals surface area contributed by atoms with Crippen LogP contribution in [-0.2, 0) is 41.7 Å². The first-order chi connectivity index (χ1) is 18.6. The van der Waals surface area contributed by atoms with E-state index >= 15 is 0 Å². The van der Waals surface area contributed by atoms with E-state index in [0.29, 0.717) is 26.3 Å². The maximum absolute atomic E-state index is 14.4. The van der Waals surface area contributed by atoms with E-state index in [1.165, 1.54) is 12.1 Å². The summed E-state index contributed by atoms with van der Waals surface area (Å²) in [7, 11) is 0. The van der Waals surface area contributed by atoms with E-state index < -0.39 is 41.3 Å². The van der Waals surface area contributed by atoms with E-state index in [4.69, 9.17) is 23.7 Å². The molecule has 212 valence electrons. The van der Waals surface area contributed by atoms with Crippen molar-refractivity contribution in [3.05, 3.63) is 70.8 Å². The minimum Gasteiger partial charge on any atom is -0.379 e. The van der Waals surface area contributed by atoms with E-state index in [0.717, 1.165) is 17.2 Å². The van der Waals surface area contributed by atoms with Gasteiger partial charge in [0.25, 0.3) is 5.91 Å². The number of hydrogen-bond acceptors (Lipinski definition) is 7. The van der Waals surface area contributed by atoms with E-state index in [1.54, 1.807) is 0 Å². The van der Waals surface area contributed by atoms with Crippen molar-refractivity contribution in [3.8, 4) is 0 Å². The summed E-state index contributed by atoms with van der Waals surface area (Å²) < 4.78 is 58.4. The third kappa shape index (κ3) is 6.65. The fourth-order valence-electron chi connectivity index (χ4n) is 5.49. The lowest BCUT2D eigenvalue weighted by molar-refractivity contribution is -0.187. The van der Waals surface area contributed by atoms with Crippen LogP contribution in [0.1, 0.15) is 43.4 Å². The average Bonchev–Trinajstić information content (AvgIpc) is 3.21. The molecule has 0 aromatic heterocycles. The number of aryl methyl sites for hydroxylation is 1. The van der Waals surface area contributed by atoms with Crippen molar-refractivity contribution in [2.45, 2.75) is 76.5 Å². The maximum atomic E-state index is 14.4. The molecule has 0 unspecified atom stereocenters.